The number of nitrogens with zero attached hydrogens (tertiary/aromatic N) is 2. The monoisotopic (exact) mass is 469 g/mol. The van der Waals surface area contributed by atoms with Crippen molar-refractivity contribution in [1.29, 1.82) is 0 Å². The number of anilines is 2. The minimum Gasteiger partial charge on any atom is -0.396 e. The van der Waals surface area contributed by atoms with Crippen LogP contribution in [-0.2, 0) is 21.7 Å². The van der Waals surface area contributed by atoms with Gasteiger partial charge < -0.3 is 25.3 Å². The summed E-state index contributed by atoms with van der Waals surface area (Å²) in [6.45, 7) is 3.74. The molecule has 174 valence electrons. The van der Waals surface area contributed by atoms with Crippen LogP contribution < -0.4 is 15.1 Å². The predicted molar refractivity (Wildman–Crippen MR) is 128 cm³/mol. The Morgan fingerprint density at radius 1 is 1.21 bits per heavy atom. The van der Waals surface area contributed by atoms with Gasteiger partial charge in [0.15, 0.2) is 5.60 Å². The first-order chi connectivity index (χ1) is 15.9. The maximum absolute atomic E-state index is 13.5. The Bertz CT molecular complexity index is 1070. The normalized spacial score (nSPS) is 21.7. The van der Waals surface area contributed by atoms with Crippen LogP contribution >= 0.6 is 11.6 Å². The number of piperazine rings is 1. The third kappa shape index (κ3) is 4.42. The summed E-state index contributed by atoms with van der Waals surface area (Å²) in [4.78, 5) is 29.0. The highest BCUT2D eigenvalue weighted by atomic mass is 35.5. The van der Waals surface area contributed by atoms with Gasteiger partial charge in [0.25, 0.3) is 5.91 Å². The van der Waals surface area contributed by atoms with Crippen molar-refractivity contribution in [2.24, 2.45) is 5.92 Å². The molecule has 0 radical (unpaired) electrons. The van der Waals surface area contributed by atoms with Crippen molar-refractivity contribution in [3.05, 3.63) is 70.8 Å². The van der Waals surface area contributed by atoms with Gasteiger partial charge >= 0.3 is 0 Å². The van der Waals surface area contributed by atoms with Crippen LogP contribution in [-0.4, -0.2) is 48.3 Å². The summed E-state index contributed by atoms with van der Waals surface area (Å²) < 4.78 is 0. The van der Waals surface area contributed by atoms with Crippen molar-refractivity contribution < 1.29 is 19.8 Å². The van der Waals surface area contributed by atoms with Crippen LogP contribution in [0, 0.1) is 5.92 Å². The molecule has 1 fully saturated rings. The number of halogens is 1. The molecule has 7 nitrogen and oxygen atoms in total. The molecule has 2 aromatic rings. The van der Waals surface area contributed by atoms with Crippen LogP contribution in [0.15, 0.2) is 54.6 Å². The van der Waals surface area contributed by atoms with Crippen LogP contribution in [0.25, 0.3) is 0 Å². The molecule has 4 rings (SSSR count). The van der Waals surface area contributed by atoms with Crippen LogP contribution in [0.1, 0.15) is 24.5 Å². The molecule has 2 atom stereocenters. The minimum atomic E-state index is -1.75. The Kier molecular flexibility index (Phi) is 6.86. The van der Waals surface area contributed by atoms with Crippen molar-refractivity contribution in [3.63, 3.8) is 0 Å². The molecule has 0 saturated carbocycles. The molecule has 8 heteroatoms. The van der Waals surface area contributed by atoms with Gasteiger partial charge in [0, 0.05) is 41.9 Å². The average Bonchev–Trinajstić information content (AvgIpc) is 3.02. The van der Waals surface area contributed by atoms with Gasteiger partial charge in [-0.05, 0) is 42.3 Å². The van der Waals surface area contributed by atoms with E-state index in [1.807, 2.05) is 24.3 Å². The SMILES string of the molecule is C[C@@H](/C=C/CCO)[C@]1(O)C(=O)N(Cc2ccc(N3CCNCC3=O)cc2)c2ccc(Cl)cc21. The molecule has 33 heavy (non-hydrogen) atoms. The molecule has 2 heterocycles. The summed E-state index contributed by atoms with van der Waals surface area (Å²) in [6.07, 6.45) is 3.96. The Morgan fingerprint density at radius 2 is 1.97 bits per heavy atom. The van der Waals surface area contributed by atoms with Gasteiger partial charge in [-0.2, -0.15) is 0 Å². The fraction of sp³-hybridized carbons (Fsp3) is 0.360. The zero-order chi connectivity index (χ0) is 23.6. The number of amides is 2. The number of nitrogens with one attached hydrogen (secondary N) is 1. The minimum absolute atomic E-state index is 0.000329. The van der Waals surface area contributed by atoms with E-state index in [4.69, 9.17) is 16.7 Å². The maximum atomic E-state index is 13.5. The van der Waals surface area contributed by atoms with Gasteiger partial charge in [0.05, 0.1) is 18.8 Å². The second kappa shape index (κ2) is 9.65. The summed E-state index contributed by atoms with van der Waals surface area (Å²) in [5, 5.41) is 24.1. The Labute approximate surface area is 198 Å². The molecule has 2 aromatic carbocycles. The lowest BCUT2D eigenvalue weighted by Gasteiger charge is -2.28. The molecule has 0 aliphatic carbocycles. The first kappa shape index (κ1) is 23.4. The van der Waals surface area contributed by atoms with E-state index >= 15 is 0 Å². The summed E-state index contributed by atoms with van der Waals surface area (Å²) in [5.41, 5.74) is 1.05. The molecular weight excluding hydrogens is 442 g/mol. The lowest BCUT2D eigenvalue weighted by molar-refractivity contribution is -0.139. The van der Waals surface area contributed by atoms with E-state index in [1.165, 1.54) is 0 Å². The number of benzene rings is 2. The molecule has 3 N–H and O–H groups in total. The zero-order valence-corrected chi connectivity index (χ0v) is 19.3. The van der Waals surface area contributed by atoms with Gasteiger partial charge in [0.2, 0.25) is 5.91 Å². The number of carbonyl (C=O) groups excluding carboxylic acids is 2. The van der Waals surface area contributed by atoms with Gasteiger partial charge in [-0.25, -0.2) is 0 Å². The van der Waals surface area contributed by atoms with Gasteiger partial charge in [0.1, 0.15) is 0 Å². The van der Waals surface area contributed by atoms with Gasteiger partial charge in [-0.1, -0.05) is 42.8 Å². The average molecular weight is 470 g/mol. The highest BCUT2D eigenvalue weighted by Crippen LogP contribution is 2.46. The molecule has 2 aliphatic heterocycles. The molecule has 0 spiro atoms. The molecule has 2 amide bonds. The number of aliphatic hydroxyl groups excluding tert-OH is 1. The number of carbonyl (C=O) groups is 2. The predicted octanol–water partition coefficient (Wildman–Crippen LogP) is 2.59. The summed E-state index contributed by atoms with van der Waals surface area (Å²) >= 11 is 6.21. The molecule has 0 unspecified atom stereocenters. The summed E-state index contributed by atoms with van der Waals surface area (Å²) in [5.74, 6) is -0.898. The number of rotatable bonds is 7. The summed E-state index contributed by atoms with van der Waals surface area (Å²) in [7, 11) is 0. The third-order valence-corrected chi connectivity index (χ3v) is 6.52. The summed E-state index contributed by atoms with van der Waals surface area (Å²) in [6, 6.07) is 12.7. The molecule has 2 aliphatic rings. The van der Waals surface area contributed by atoms with Crippen LogP contribution in [0.5, 0.6) is 0 Å². The number of hydrogen-bond donors (Lipinski definition) is 3. The van der Waals surface area contributed by atoms with E-state index in [1.54, 1.807) is 47.1 Å². The zero-order valence-electron chi connectivity index (χ0n) is 18.5. The Hall–Kier alpha value is -2.71. The van der Waals surface area contributed by atoms with E-state index in [-0.39, 0.29) is 19.1 Å². The third-order valence-electron chi connectivity index (χ3n) is 6.29. The number of aliphatic hydroxyl groups is 2. The van der Waals surface area contributed by atoms with Crippen LogP contribution in [0.4, 0.5) is 11.4 Å². The van der Waals surface area contributed by atoms with E-state index in [2.05, 4.69) is 5.32 Å². The largest absolute Gasteiger partial charge is 0.396 e. The smallest absolute Gasteiger partial charge is 0.264 e. The quantitative estimate of drug-likeness (QED) is 0.542. The highest BCUT2D eigenvalue weighted by Gasteiger charge is 2.52. The second-order valence-electron chi connectivity index (χ2n) is 8.44. The van der Waals surface area contributed by atoms with Crippen molar-refractivity contribution in [1.82, 2.24) is 5.32 Å². The lowest BCUT2D eigenvalue weighted by Crippen LogP contribution is -2.48. The van der Waals surface area contributed by atoms with Crippen molar-refractivity contribution in [2.75, 3.05) is 36.0 Å². The van der Waals surface area contributed by atoms with Crippen molar-refractivity contribution >= 4 is 34.8 Å². The Morgan fingerprint density at radius 3 is 2.67 bits per heavy atom. The number of fused-ring (bicyclic) bond motifs is 1. The van der Waals surface area contributed by atoms with E-state index in [9.17, 15) is 14.7 Å². The van der Waals surface area contributed by atoms with E-state index in [0.717, 1.165) is 17.8 Å². The standard InChI is InChI=1S/C25H28ClN3O4/c1-17(4-2-3-13-30)25(33)21-14-19(26)7-10-22(21)29(24(25)32)16-18-5-8-20(9-6-18)28-12-11-27-15-23(28)31/h2,4-10,14,17,27,30,33H,3,11-13,15-16H2,1H3/b4-2+/t17-,25+/m0/s1. The number of hydrogen-bond acceptors (Lipinski definition) is 5. The first-order valence-electron chi connectivity index (χ1n) is 11.1. The van der Waals surface area contributed by atoms with Gasteiger partial charge in [-0.15, -0.1) is 0 Å². The van der Waals surface area contributed by atoms with Crippen molar-refractivity contribution in [3.8, 4) is 0 Å². The molecule has 0 aromatic heterocycles. The van der Waals surface area contributed by atoms with E-state index < -0.39 is 17.4 Å². The molecule has 0 bridgehead atoms. The molecule has 1 saturated heterocycles. The van der Waals surface area contributed by atoms with Crippen LogP contribution in [0.3, 0.4) is 0 Å². The second-order valence-corrected chi connectivity index (χ2v) is 8.87. The maximum Gasteiger partial charge on any atom is 0.264 e. The fourth-order valence-corrected chi connectivity index (χ4v) is 4.61. The topological polar surface area (TPSA) is 93.1 Å². The van der Waals surface area contributed by atoms with Gasteiger partial charge in [-0.3, -0.25) is 9.59 Å². The Balaban J connectivity index is 1.61. The highest BCUT2D eigenvalue weighted by molar-refractivity contribution is 6.31. The van der Waals surface area contributed by atoms with E-state index in [0.29, 0.717) is 35.8 Å². The fourth-order valence-electron chi connectivity index (χ4n) is 4.43. The van der Waals surface area contributed by atoms with Crippen molar-refractivity contribution in [2.45, 2.75) is 25.5 Å². The lowest BCUT2D eigenvalue weighted by atomic mass is 9.83. The molecular formula is C25H28ClN3O4. The van der Waals surface area contributed by atoms with Crippen LogP contribution in [0.2, 0.25) is 5.02 Å². The first-order valence-corrected chi connectivity index (χ1v) is 11.5.